The Labute approximate surface area is 401 Å². The van der Waals surface area contributed by atoms with Crippen molar-refractivity contribution in [3.05, 3.63) is 237 Å². The van der Waals surface area contributed by atoms with Crippen molar-refractivity contribution in [1.29, 1.82) is 0 Å². The Hall–Kier alpha value is -8.97. The summed E-state index contributed by atoms with van der Waals surface area (Å²) in [5.74, 6) is 1.96. The Morgan fingerprint density at radius 3 is 1.36 bits per heavy atom. The number of hydrogen-bond acceptors (Lipinski definition) is 4. The fourth-order valence-electron chi connectivity index (χ4n) is 10.4. The molecule has 4 heterocycles. The number of benzene rings is 10. The minimum atomic E-state index is 0.653. The molecule has 4 aromatic heterocycles. The first-order valence-corrected chi connectivity index (χ1v) is 24.1. The van der Waals surface area contributed by atoms with E-state index in [0.29, 0.717) is 17.5 Å². The molecule has 0 spiro atoms. The van der Waals surface area contributed by atoms with Crippen molar-refractivity contribution in [2.45, 2.75) is 0 Å². The fourth-order valence-corrected chi connectivity index (χ4v) is 11.5. The lowest BCUT2D eigenvalue weighted by atomic mass is 9.98. The van der Waals surface area contributed by atoms with E-state index >= 15 is 0 Å². The maximum absolute atomic E-state index is 5.15. The second-order valence-corrected chi connectivity index (χ2v) is 18.7. The Morgan fingerprint density at radius 2 is 0.739 bits per heavy atom. The van der Waals surface area contributed by atoms with E-state index in [1.807, 2.05) is 36.4 Å². The van der Waals surface area contributed by atoms with Gasteiger partial charge in [-0.15, -0.1) is 11.3 Å². The zero-order valence-corrected chi connectivity index (χ0v) is 38.0. The largest absolute Gasteiger partial charge is 0.309 e. The van der Waals surface area contributed by atoms with Crippen LogP contribution in [0.2, 0.25) is 0 Å². The fraction of sp³-hybridized carbons (Fsp3) is 0. The summed E-state index contributed by atoms with van der Waals surface area (Å²) in [5, 5.41) is 7.25. The quantitative estimate of drug-likeness (QED) is 0.160. The molecule has 5 nitrogen and oxygen atoms in total. The van der Waals surface area contributed by atoms with Crippen LogP contribution in [0.4, 0.5) is 0 Å². The molecule has 14 aromatic rings. The molecule has 0 fully saturated rings. The number of fused-ring (bicyclic) bond motifs is 9. The van der Waals surface area contributed by atoms with Crippen molar-refractivity contribution in [2.24, 2.45) is 0 Å². The van der Waals surface area contributed by atoms with Crippen LogP contribution >= 0.6 is 11.3 Å². The molecule has 0 bridgehead atoms. The molecule has 0 amide bonds. The van der Waals surface area contributed by atoms with E-state index in [2.05, 4.69) is 209 Å². The predicted octanol–water partition coefficient (Wildman–Crippen LogP) is 16.8. The lowest BCUT2D eigenvalue weighted by molar-refractivity contribution is 1.08. The first kappa shape index (κ1) is 39.2. The predicted molar refractivity (Wildman–Crippen MR) is 289 cm³/mol. The van der Waals surface area contributed by atoms with Crippen molar-refractivity contribution >= 4 is 75.1 Å². The molecule has 322 valence electrons. The minimum Gasteiger partial charge on any atom is -0.309 e. The third kappa shape index (κ3) is 6.49. The molecule has 0 aliphatic heterocycles. The first-order valence-electron chi connectivity index (χ1n) is 23.3. The summed E-state index contributed by atoms with van der Waals surface area (Å²) in [4.78, 5) is 15.3. The van der Waals surface area contributed by atoms with E-state index in [9.17, 15) is 0 Å². The van der Waals surface area contributed by atoms with Gasteiger partial charge in [0.2, 0.25) is 0 Å². The summed E-state index contributed by atoms with van der Waals surface area (Å²) in [7, 11) is 0. The lowest BCUT2D eigenvalue weighted by Gasteiger charge is -2.10. The monoisotopic (exact) mass is 897 g/mol. The third-order valence-corrected chi connectivity index (χ3v) is 14.7. The summed E-state index contributed by atoms with van der Waals surface area (Å²) in [6.07, 6.45) is 0. The summed E-state index contributed by atoms with van der Waals surface area (Å²) < 4.78 is 7.21. The van der Waals surface area contributed by atoms with Gasteiger partial charge in [-0.1, -0.05) is 158 Å². The van der Waals surface area contributed by atoms with Gasteiger partial charge in [-0.25, -0.2) is 15.0 Å². The van der Waals surface area contributed by atoms with Gasteiger partial charge in [0.25, 0.3) is 0 Å². The standard InChI is InChI=1S/C63H39N5S/c1-5-16-40(17-6-1)61-64-62(41-18-7-2-8-19-41)66-63(65-61)50-25-15-27-59-60(50)53-38-44(31-35-58(53)69-59)42-29-34-56-52(36-42)49-32-28-45(39-57(49)68(56)47-22-11-4-12-23-47)43-30-33-55-51(37-43)48-24-13-14-26-54(48)67(55)46-20-9-3-10-21-46/h1-39H. The van der Waals surface area contributed by atoms with Crippen LogP contribution in [0.1, 0.15) is 0 Å². The number of rotatable bonds is 7. The molecule has 0 radical (unpaired) electrons. The highest BCUT2D eigenvalue weighted by Gasteiger charge is 2.20. The third-order valence-electron chi connectivity index (χ3n) is 13.6. The maximum Gasteiger partial charge on any atom is 0.164 e. The van der Waals surface area contributed by atoms with Gasteiger partial charge in [0.05, 0.1) is 22.1 Å². The molecule has 0 N–H and O–H groups in total. The first-order chi connectivity index (χ1) is 34.2. The average molecular weight is 898 g/mol. The van der Waals surface area contributed by atoms with Crippen molar-refractivity contribution in [3.63, 3.8) is 0 Å². The van der Waals surface area contributed by atoms with Crippen LogP contribution in [0.25, 0.3) is 132 Å². The number of hydrogen-bond donors (Lipinski definition) is 0. The summed E-state index contributed by atoms with van der Waals surface area (Å²) in [5.41, 5.74) is 14.6. The van der Waals surface area contributed by atoms with Crippen LogP contribution in [0, 0.1) is 0 Å². The lowest BCUT2D eigenvalue weighted by Crippen LogP contribution is -2.00. The highest BCUT2D eigenvalue weighted by atomic mass is 32.1. The molecule has 10 aromatic carbocycles. The van der Waals surface area contributed by atoms with E-state index in [-0.39, 0.29) is 0 Å². The van der Waals surface area contributed by atoms with Crippen LogP contribution in [0.15, 0.2) is 237 Å². The Morgan fingerprint density at radius 1 is 0.275 bits per heavy atom. The van der Waals surface area contributed by atoms with E-state index in [0.717, 1.165) is 44.6 Å². The van der Waals surface area contributed by atoms with Crippen LogP contribution in [-0.4, -0.2) is 24.1 Å². The minimum absolute atomic E-state index is 0.653. The van der Waals surface area contributed by atoms with Gasteiger partial charge in [-0.2, -0.15) is 0 Å². The van der Waals surface area contributed by atoms with Crippen molar-refractivity contribution < 1.29 is 0 Å². The van der Waals surface area contributed by atoms with Crippen LogP contribution in [0.3, 0.4) is 0 Å². The molecule has 0 saturated carbocycles. The van der Waals surface area contributed by atoms with Gasteiger partial charge in [0.15, 0.2) is 17.5 Å². The van der Waals surface area contributed by atoms with Gasteiger partial charge >= 0.3 is 0 Å². The van der Waals surface area contributed by atoms with E-state index in [4.69, 9.17) is 15.0 Å². The van der Waals surface area contributed by atoms with Crippen LogP contribution in [0.5, 0.6) is 0 Å². The highest BCUT2D eigenvalue weighted by Crippen LogP contribution is 2.43. The summed E-state index contributed by atoms with van der Waals surface area (Å²) in [6, 6.07) is 84.7. The molecule has 69 heavy (non-hydrogen) atoms. The normalized spacial score (nSPS) is 11.8. The van der Waals surface area contributed by atoms with E-state index in [1.54, 1.807) is 11.3 Å². The van der Waals surface area contributed by atoms with Gasteiger partial charge in [0.1, 0.15) is 0 Å². The van der Waals surface area contributed by atoms with Crippen molar-refractivity contribution in [1.82, 2.24) is 24.1 Å². The zero-order chi connectivity index (χ0) is 45.4. The Bertz CT molecular complexity index is 4230. The number of aromatic nitrogens is 5. The summed E-state index contributed by atoms with van der Waals surface area (Å²) >= 11 is 1.81. The molecule has 0 unspecified atom stereocenters. The molecule has 0 saturated heterocycles. The highest BCUT2D eigenvalue weighted by molar-refractivity contribution is 7.26. The molecular formula is C63H39N5S. The molecule has 14 rings (SSSR count). The van der Waals surface area contributed by atoms with E-state index < -0.39 is 0 Å². The van der Waals surface area contributed by atoms with Crippen LogP contribution < -0.4 is 0 Å². The molecule has 0 aliphatic carbocycles. The molecule has 6 heteroatoms. The zero-order valence-electron chi connectivity index (χ0n) is 37.2. The number of thiophene rings is 1. The van der Waals surface area contributed by atoms with Gasteiger partial charge in [-0.05, 0) is 101 Å². The second-order valence-electron chi connectivity index (χ2n) is 17.6. The van der Waals surface area contributed by atoms with Crippen LogP contribution in [-0.2, 0) is 0 Å². The Kier molecular flexibility index (Phi) is 9.00. The maximum atomic E-state index is 5.15. The number of nitrogens with zero attached hydrogens (tertiary/aromatic N) is 5. The van der Waals surface area contributed by atoms with Gasteiger partial charge in [-0.3, -0.25) is 0 Å². The average Bonchev–Trinajstić information content (AvgIpc) is 4.08. The van der Waals surface area contributed by atoms with Crippen molar-refractivity contribution in [3.8, 4) is 67.8 Å². The summed E-state index contributed by atoms with van der Waals surface area (Å²) in [6.45, 7) is 0. The van der Waals surface area contributed by atoms with Gasteiger partial charge in [0, 0.05) is 69.8 Å². The molecular weight excluding hydrogens is 859 g/mol. The second kappa shape index (κ2) is 15.8. The molecule has 0 atom stereocenters. The van der Waals surface area contributed by atoms with Crippen molar-refractivity contribution in [2.75, 3.05) is 0 Å². The van der Waals surface area contributed by atoms with Gasteiger partial charge < -0.3 is 9.13 Å². The topological polar surface area (TPSA) is 48.5 Å². The number of para-hydroxylation sites is 3. The molecule has 0 aliphatic rings. The van der Waals surface area contributed by atoms with E-state index in [1.165, 1.54) is 69.5 Å². The SMILES string of the molecule is c1ccc(-c2nc(-c3ccccc3)nc(-c3cccc4sc5ccc(-c6ccc7c(c6)c6ccc(-c8ccc9c(c8)c8ccccc8n9-c8ccccc8)cc6n7-c6ccccc6)cc5c34)n2)cc1. The Balaban J connectivity index is 0.913. The smallest absolute Gasteiger partial charge is 0.164 e.